The second kappa shape index (κ2) is 4.80. The van der Waals surface area contributed by atoms with Gasteiger partial charge in [-0.25, -0.2) is 4.98 Å². The lowest BCUT2D eigenvalue weighted by atomic mass is 9.90. The molecule has 5 nitrogen and oxygen atoms in total. The Balaban J connectivity index is 0.000000165. The van der Waals surface area contributed by atoms with Crippen molar-refractivity contribution in [1.29, 1.82) is 0 Å². The molecule has 2 N–H and O–H groups in total. The van der Waals surface area contributed by atoms with Crippen molar-refractivity contribution in [2.24, 2.45) is 0 Å². The molecule has 0 unspecified atom stereocenters. The predicted octanol–water partition coefficient (Wildman–Crippen LogP) is 1.18. The molecule has 0 aromatic carbocycles. The van der Waals surface area contributed by atoms with E-state index in [2.05, 4.69) is 9.97 Å². The van der Waals surface area contributed by atoms with Gasteiger partial charge in [-0.1, -0.05) is 0 Å². The quantitative estimate of drug-likeness (QED) is 0.667. The second-order valence-corrected chi connectivity index (χ2v) is 4.48. The summed E-state index contributed by atoms with van der Waals surface area (Å²) in [5.74, 6) is 0.461. The summed E-state index contributed by atoms with van der Waals surface area (Å²) in [6.07, 6.45) is 4.63. The highest BCUT2D eigenvalue weighted by Gasteiger charge is 2.44. The summed E-state index contributed by atoms with van der Waals surface area (Å²) in [4.78, 5) is 7.39. The summed E-state index contributed by atoms with van der Waals surface area (Å²) < 4.78 is 10.4. The average molecular weight is 222 g/mol. The molecule has 0 saturated carbocycles. The van der Waals surface area contributed by atoms with E-state index in [1.54, 1.807) is 12.4 Å². The van der Waals surface area contributed by atoms with E-state index in [1.807, 2.05) is 27.7 Å². The lowest BCUT2D eigenvalue weighted by Gasteiger charge is -2.32. The van der Waals surface area contributed by atoms with Crippen molar-refractivity contribution in [2.75, 3.05) is 5.73 Å². The van der Waals surface area contributed by atoms with Crippen LogP contribution in [0.25, 0.3) is 0 Å². The zero-order chi connectivity index (χ0) is 12.2. The first-order valence-electron chi connectivity index (χ1n) is 5.04. The molecule has 2 heterocycles. The number of nitrogen functional groups attached to an aromatic ring is 1. The molecule has 0 aliphatic carbocycles. The van der Waals surface area contributed by atoms with Crippen LogP contribution in [0.5, 0.6) is 0 Å². The third kappa shape index (κ3) is 3.18. The third-order valence-corrected chi connectivity index (χ3v) is 2.72. The van der Waals surface area contributed by atoms with Crippen molar-refractivity contribution in [2.45, 2.75) is 38.9 Å². The number of nitrogens with two attached hydrogens (primary N) is 1. The van der Waals surface area contributed by atoms with E-state index < -0.39 is 0 Å². The monoisotopic (exact) mass is 222 g/mol. The Morgan fingerprint density at radius 3 is 1.88 bits per heavy atom. The molecule has 1 fully saturated rings. The standard InChI is InChI=1S/C6H12BO2.C4H5N3/c1-5(2)6(3,4)9-7-8-5;5-4-3-6-1-2-7-4/h1-4H3;1-3H,(H2,5,7). The Hall–Kier alpha value is -1.14. The Kier molecular flexibility index (Phi) is 3.88. The first-order chi connectivity index (χ1) is 7.35. The van der Waals surface area contributed by atoms with Gasteiger partial charge in [-0.15, -0.1) is 0 Å². The molecular formula is C10H17BN3O2. The van der Waals surface area contributed by atoms with Crippen LogP contribution in [-0.4, -0.2) is 28.9 Å². The maximum absolute atomic E-state index is 5.21. The van der Waals surface area contributed by atoms with Gasteiger partial charge in [0.1, 0.15) is 5.82 Å². The largest absolute Gasteiger partial charge is 0.488 e. The number of nitrogens with zero attached hydrogens (tertiary/aromatic N) is 2. The second-order valence-electron chi connectivity index (χ2n) is 4.48. The summed E-state index contributed by atoms with van der Waals surface area (Å²) in [5.41, 5.74) is 4.81. The van der Waals surface area contributed by atoms with Crippen molar-refractivity contribution in [3.63, 3.8) is 0 Å². The summed E-state index contributed by atoms with van der Waals surface area (Å²) in [6.45, 7) is 8.04. The van der Waals surface area contributed by atoms with Gasteiger partial charge >= 0.3 is 7.69 Å². The average Bonchev–Trinajstić information content (AvgIpc) is 2.41. The van der Waals surface area contributed by atoms with Gasteiger partial charge < -0.3 is 15.0 Å². The molecule has 87 valence electrons. The molecule has 0 bridgehead atoms. The molecule has 1 aromatic rings. The van der Waals surface area contributed by atoms with E-state index >= 15 is 0 Å². The fourth-order valence-electron chi connectivity index (χ4n) is 0.859. The van der Waals surface area contributed by atoms with Crippen LogP contribution in [0.3, 0.4) is 0 Å². The minimum atomic E-state index is -0.188. The van der Waals surface area contributed by atoms with Crippen molar-refractivity contribution >= 4 is 13.5 Å². The predicted molar refractivity (Wildman–Crippen MR) is 62.5 cm³/mol. The molecule has 0 spiro atoms. The zero-order valence-corrected chi connectivity index (χ0v) is 10.1. The highest BCUT2D eigenvalue weighted by atomic mass is 16.7. The van der Waals surface area contributed by atoms with Gasteiger partial charge in [0.15, 0.2) is 0 Å². The highest BCUT2D eigenvalue weighted by Crippen LogP contribution is 2.33. The third-order valence-electron chi connectivity index (χ3n) is 2.72. The molecular weight excluding hydrogens is 205 g/mol. The fraction of sp³-hybridized carbons (Fsp3) is 0.600. The number of anilines is 1. The SMILES string of the molecule is CC1(C)O[B]OC1(C)C.Nc1cnccn1. The molecule has 1 saturated heterocycles. The summed E-state index contributed by atoms with van der Waals surface area (Å²) in [6, 6.07) is 0. The van der Waals surface area contributed by atoms with Gasteiger partial charge in [0.25, 0.3) is 0 Å². The van der Waals surface area contributed by atoms with Crippen LogP contribution in [0, 0.1) is 0 Å². The van der Waals surface area contributed by atoms with Crippen molar-refractivity contribution in [3.8, 4) is 0 Å². The lowest BCUT2D eigenvalue weighted by Crippen LogP contribution is -2.41. The zero-order valence-electron chi connectivity index (χ0n) is 10.1. The van der Waals surface area contributed by atoms with E-state index in [-0.39, 0.29) is 11.2 Å². The number of aromatic nitrogens is 2. The first-order valence-corrected chi connectivity index (χ1v) is 5.04. The molecule has 16 heavy (non-hydrogen) atoms. The van der Waals surface area contributed by atoms with Crippen LogP contribution >= 0.6 is 0 Å². The van der Waals surface area contributed by atoms with Gasteiger partial charge in [-0.2, -0.15) is 0 Å². The van der Waals surface area contributed by atoms with Crippen LogP contribution in [0.1, 0.15) is 27.7 Å². The van der Waals surface area contributed by atoms with E-state index in [4.69, 9.17) is 15.0 Å². The minimum absolute atomic E-state index is 0.187. The maximum atomic E-state index is 5.21. The minimum Gasteiger partial charge on any atom is -0.405 e. The molecule has 0 amide bonds. The van der Waals surface area contributed by atoms with Gasteiger partial charge in [0.05, 0.1) is 17.4 Å². The summed E-state index contributed by atoms with van der Waals surface area (Å²) in [5, 5.41) is 0. The van der Waals surface area contributed by atoms with Crippen LogP contribution in [0.4, 0.5) is 5.82 Å². The van der Waals surface area contributed by atoms with Crippen LogP contribution in [0.2, 0.25) is 0 Å². The number of hydrogen-bond donors (Lipinski definition) is 1. The molecule has 6 heteroatoms. The Morgan fingerprint density at radius 2 is 1.69 bits per heavy atom. The topological polar surface area (TPSA) is 70.3 Å². The van der Waals surface area contributed by atoms with Gasteiger partial charge in [0.2, 0.25) is 0 Å². The fourth-order valence-corrected chi connectivity index (χ4v) is 0.859. The van der Waals surface area contributed by atoms with Crippen LogP contribution in [-0.2, 0) is 9.31 Å². The van der Waals surface area contributed by atoms with Crippen LogP contribution < -0.4 is 5.73 Å². The summed E-state index contributed by atoms with van der Waals surface area (Å²) >= 11 is 0. The Morgan fingerprint density at radius 1 is 1.12 bits per heavy atom. The van der Waals surface area contributed by atoms with E-state index in [0.29, 0.717) is 5.82 Å². The molecule has 2 rings (SSSR count). The van der Waals surface area contributed by atoms with Gasteiger partial charge in [-0.3, -0.25) is 4.98 Å². The maximum Gasteiger partial charge on any atom is 0.488 e. The van der Waals surface area contributed by atoms with Crippen molar-refractivity contribution < 1.29 is 9.31 Å². The number of rotatable bonds is 0. The number of hydrogen-bond acceptors (Lipinski definition) is 5. The van der Waals surface area contributed by atoms with Crippen LogP contribution in [0.15, 0.2) is 18.6 Å². The van der Waals surface area contributed by atoms with E-state index in [9.17, 15) is 0 Å². The molecule has 0 atom stereocenters. The van der Waals surface area contributed by atoms with E-state index in [0.717, 1.165) is 0 Å². The molecule has 1 aliphatic rings. The molecule has 1 aliphatic heterocycles. The van der Waals surface area contributed by atoms with Crippen molar-refractivity contribution in [3.05, 3.63) is 18.6 Å². The van der Waals surface area contributed by atoms with E-state index in [1.165, 1.54) is 13.9 Å². The normalized spacial score (nSPS) is 20.5. The Labute approximate surface area is 96.7 Å². The first kappa shape index (κ1) is 12.9. The van der Waals surface area contributed by atoms with Crippen molar-refractivity contribution in [1.82, 2.24) is 9.97 Å². The Bertz CT molecular complexity index is 316. The molecule has 1 aromatic heterocycles. The lowest BCUT2D eigenvalue weighted by molar-refractivity contribution is 0.00578. The highest BCUT2D eigenvalue weighted by molar-refractivity contribution is 6.19. The van der Waals surface area contributed by atoms with Gasteiger partial charge in [-0.05, 0) is 27.7 Å². The summed E-state index contributed by atoms with van der Waals surface area (Å²) in [7, 11) is 1.42. The smallest absolute Gasteiger partial charge is 0.405 e. The van der Waals surface area contributed by atoms with Gasteiger partial charge in [0, 0.05) is 12.4 Å². The molecule has 1 radical (unpaired) electrons.